The van der Waals surface area contributed by atoms with Crippen LogP contribution in [0.2, 0.25) is 0 Å². The Morgan fingerprint density at radius 1 is 1.41 bits per heavy atom. The summed E-state index contributed by atoms with van der Waals surface area (Å²) in [4.78, 5) is 11.6. The van der Waals surface area contributed by atoms with Crippen molar-refractivity contribution >= 4 is 5.91 Å². The van der Waals surface area contributed by atoms with Gasteiger partial charge in [-0.05, 0) is 24.5 Å². The summed E-state index contributed by atoms with van der Waals surface area (Å²) in [5, 5.41) is 9.22. The van der Waals surface area contributed by atoms with Gasteiger partial charge in [0.05, 0.1) is 11.8 Å². The summed E-state index contributed by atoms with van der Waals surface area (Å²) in [5.74, 6) is -0.0904. The molecule has 0 aliphatic carbocycles. The Bertz CT molecular complexity index is 491. The maximum Gasteiger partial charge on any atom is 0.254 e. The highest BCUT2D eigenvalue weighted by Crippen LogP contribution is 2.06. The Hall–Kier alpha value is -2.10. The lowest BCUT2D eigenvalue weighted by atomic mass is 10.1. The first-order valence-corrected chi connectivity index (χ1v) is 5.59. The van der Waals surface area contributed by atoms with Crippen molar-refractivity contribution in [1.82, 2.24) is 15.5 Å². The molecule has 0 unspecified atom stereocenters. The van der Waals surface area contributed by atoms with Crippen molar-refractivity contribution in [2.45, 2.75) is 13.3 Å². The molecule has 0 spiro atoms. The van der Waals surface area contributed by atoms with E-state index in [9.17, 15) is 4.79 Å². The summed E-state index contributed by atoms with van der Waals surface area (Å²) in [6, 6.07) is 8.19. The highest BCUT2D eigenvalue weighted by molar-refractivity contribution is 5.93. The molecule has 4 nitrogen and oxygen atoms in total. The lowest BCUT2D eigenvalue weighted by Crippen LogP contribution is -2.25. The van der Waals surface area contributed by atoms with Crippen LogP contribution in [0.1, 0.15) is 21.5 Å². The van der Waals surface area contributed by atoms with Gasteiger partial charge < -0.3 is 5.32 Å². The Morgan fingerprint density at radius 2 is 2.24 bits per heavy atom. The van der Waals surface area contributed by atoms with Gasteiger partial charge in [0.25, 0.3) is 5.91 Å². The molecule has 2 rings (SSSR count). The van der Waals surface area contributed by atoms with E-state index < -0.39 is 0 Å². The van der Waals surface area contributed by atoms with Crippen molar-refractivity contribution in [3.05, 3.63) is 53.3 Å². The van der Waals surface area contributed by atoms with Crippen molar-refractivity contribution in [2.75, 3.05) is 6.54 Å². The molecule has 0 bridgehead atoms. The van der Waals surface area contributed by atoms with Crippen LogP contribution >= 0.6 is 0 Å². The minimum atomic E-state index is -0.0904. The summed E-state index contributed by atoms with van der Waals surface area (Å²) >= 11 is 0. The molecule has 1 amide bonds. The van der Waals surface area contributed by atoms with Gasteiger partial charge in [-0.3, -0.25) is 9.89 Å². The van der Waals surface area contributed by atoms with E-state index in [0.717, 1.165) is 6.42 Å². The van der Waals surface area contributed by atoms with E-state index in [0.29, 0.717) is 12.1 Å². The largest absolute Gasteiger partial charge is 0.352 e. The summed E-state index contributed by atoms with van der Waals surface area (Å²) in [6.45, 7) is 2.71. The molecule has 0 saturated carbocycles. The van der Waals surface area contributed by atoms with E-state index in [1.165, 1.54) is 17.3 Å². The second kappa shape index (κ2) is 5.30. The third kappa shape index (κ3) is 2.93. The lowest BCUT2D eigenvalue weighted by molar-refractivity contribution is 0.0954. The van der Waals surface area contributed by atoms with Gasteiger partial charge in [-0.1, -0.05) is 24.3 Å². The van der Waals surface area contributed by atoms with Gasteiger partial charge in [0, 0.05) is 12.7 Å². The molecule has 2 N–H and O–H groups in total. The Kier molecular flexibility index (Phi) is 3.55. The van der Waals surface area contributed by atoms with Crippen molar-refractivity contribution < 1.29 is 4.79 Å². The van der Waals surface area contributed by atoms with Gasteiger partial charge in [-0.25, -0.2) is 0 Å². The number of hydrogen-bond acceptors (Lipinski definition) is 2. The molecule has 0 fully saturated rings. The SMILES string of the molecule is Cc1ccccc1CCNC(=O)c1cn[nH]c1. The number of aromatic amines is 1. The summed E-state index contributed by atoms with van der Waals surface area (Å²) in [7, 11) is 0. The number of nitrogens with one attached hydrogen (secondary N) is 2. The van der Waals surface area contributed by atoms with E-state index in [4.69, 9.17) is 0 Å². The first-order valence-electron chi connectivity index (χ1n) is 5.59. The maximum absolute atomic E-state index is 11.6. The van der Waals surface area contributed by atoms with Crippen LogP contribution in [0.4, 0.5) is 0 Å². The van der Waals surface area contributed by atoms with Crippen molar-refractivity contribution in [3.63, 3.8) is 0 Å². The number of benzene rings is 1. The maximum atomic E-state index is 11.6. The molecule has 1 aromatic carbocycles. The van der Waals surface area contributed by atoms with Crippen LogP contribution < -0.4 is 5.32 Å². The Labute approximate surface area is 100 Å². The standard InChI is InChI=1S/C13H15N3O/c1-10-4-2-3-5-11(10)6-7-14-13(17)12-8-15-16-9-12/h2-5,8-9H,6-7H2,1H3,(H,14,17)(H,15,16). The van der Waals surface area contributed by atoms with Crippen LogP contribution in [0, 0.1) is 6.92 Å². The number of nitrogens with zero attached hydrogens (tertiary/aromatic N) is 1. The van der Waals surface area contributed by atoms with E-state index in [-0.39, 0.29) is 5.91 Å². The zero-order valence-electron chi connectivity index (χ0n) is 9.73. The monoisotopic (exact) mass is 229 g/mol. The predicted molar refractivity (Wildman–Crippen MR) is 65.8 cm³/mol. The molecular formula is C13H15N3O. The van der Waals surface area contributed by atoms with Crippen molar-refractivity contribution in [3.8, 4) is 0 Å². The fourth-order valence-electron chi connectivity index (χ4n) is 1.68. The molecule has 1 heterocycles. The molecule has 0 atom stereocenters. The fourth-order valence-corrected chi connectivity index (χ4v) is 1.68. The van der Waals surface area contributed by atoms with Gasteiger partial charge in [0.2, 0.25) is 0 Å². The number of amides is 1. The average molecular weight is 229 g/mol. The van der Waals surface area contributed by atoms with Gasteiger partial charge in [0.1, 0.15) is 0 Å². The van der Waals surface area contributed by atoms with E-state index in [2.05, 4.69) is 34.6 Å². The molecule has 88 valence electrons. The molecule has 0 aliphatic rings. The Morgan fingerprint density at radius 3 is 2.94 bits per heavy atom. The number of rotatable bonds is 4. The predicted octanol–water partition coefficient (Wildman–Crippen LogP) is 1.69. The van der Waals surface area contributed by atoms with E-state index in [1.807, 2.05) is 12.1 Å². The van der Waals surface area contributed by atoms with Crippen LogP contribution in [0.3, 0.4) is 0 Å². The van der Waals surface area contributed by atoms with Gasteiger partial charge in [-0.2, -0.15) is 5.10 Å². The smallest absolute Gasteiger partial charge is 0.254 e. The zero-order valence-corrected chi connectivity index (χ0v) is 9.73. The van der Waals surface area contributed by atoms with Gasteiger partial charge in [-0.15, -0.1) is 0 Å². The quantitative estimate of drug-likeness (QED) is 0.838. The number of hydrogen-bond donors (Lipinski definition) is 2. The first kappa shape index (κ1) is 11.4. The summed E-state index contributed by atoms with van der Waals surface area (Å²) in [6.07, 6.45) is 3.95. The number of H-pyrrole nitrogens is 1. The third-order valence-corrected chi connectivity index (χ3v) is 2.70. The minimum Gasteiger partial charge on any atom is -0.352 e. The molecule has 0 saturated heterocycles. The Balaban J connectivity index is 1.84. The molecular weight excluding hydrogens is 214 g/mol. The van der Waals surface area contributed by atoms with Crippen molar-refractivity contribution in [1.29, 1.82) is 0 Å². The molecule has 0 radical (unpaired) electrons. The second-order valence-electron chi connectivity index (χ2n) is 3.92. The van der Waals surface area contributed by atoms with E-state index >= 15 is 0 Å². The first-order chi connectivity index (χ1) is 8.27. The molecule has 2 aromatic rings. The van der Waals surface area contributed by atoms with Crippen LogP contribution in [-0.4, -0.2) is 22.6 Å². The topological polar surface area (TPSA) is 57.8 Å². The third-order valence-electron chi connectivity index (χ3n) is 2.70. The highest BCUT2D eigenvalue weighted by atomic mass is 16.1. The fraction of sp³-hybridized carbons (Fsp3) is 0.231. The van der Waals surface area contributed by atoms with Crippen LogP contribution in [0.15, 0.2) is 36.7 Å². The molecule has 1 aromatic heterocycles. The van der Waals surface area contributed by atoms with Gasteiger partial charge >= 0.3 is 0 Å². The van der Waals surface area contributed by atoms with Crippen LogP contribution in [0.5, 0.6) is 0 Å². The minimum absolute atomic E-state index is 0.0904. The zero-order chi connectivity index (χ0) is 12.1. The van der Waals surface area contributed by atoms with Crippen molar-refractivity contribution in [2.24, 2.45) is 0 Å². The highest BCUT2D eigenvalue weighted by Gasteiger charge is 2.05. The molecule has 0 aliphatic heterocycles. The van der Waals surface area contributed by atoms with Crippen LogP contribution in [0.25, 0.3) is 0 Å². The summed E-state index contributed by atoms with van der Waals surface area (Å²) in [5.41, 5.74) is 3.08. The number of carbonyl (C=O) groups is 1. The van der Waals surface area contributed by atoms with Crippen LogP contribution in [-0.2, 0) is 6.42 Å². The molecule has 17 heavy (non-hydrogen) atoms. The summed E-state index contributed by atoms with van der Waals surface area (Å²) < 4.78 is 0. The number of carbonyl (C=O) groups excluding carboxylic acids is 1. The van der Waals surface area contributed by atoms with Gasteiger partial charge in [0.15, 0.2) is 0 Å². The van der Waals surface area contributed by atoms with E-state index in [1.54, 1.807) is 6.20 Å². The average Bonchev–Trinajstić information content (AvgIpc) is 2.85. The normalized spacial score (nSPS) is 10.2. The molecule has 4 heteroatoms. The number of aryl methyl sites for hydroxylation is 1. The second-order valence-corrected chi connectivity index (χ2v) is 3.92. The lowest BCUT2D eigenvalue weighted by Gasteiger charge is -2.06. The number of aromatic nitrogens is 2.